The van der Waals surface area contributed by atoms with Gasteiger partial charge >= 0.3 is 0 Å². The Hall–Kier alpha value is -2.66. The van der Waals surface area contributed by atoms with Gasteiger partial charge in [-0.15, -0.1) is 0 Å². The highest BCUT2D eigenvalue weighted by Crippen LogP contribution is 2.27. The zero-order valence-corrected chi connectivity index (χ0v) is 14.8. The first-order valence-corrected chi connectivity index (χ1v) is 8.31. The zero-order valence-electron chi connectivity index (χ0n) is 14.1. The molecule has 2 aromatic rings. The Bertz CT molecular complexity index is 869. The lowest BCUT2D eigenvalue weighted by Gasteiger charge is -2.28. The maximum absolute atomic E-state index is 12.0. The maximum atomic E-state index is 12.0. The number of aliphatic imine (C=N–C) groups is 1. The van der Waals surface area contributed by atoms with Crippen molar-refractivity contribution < 1.29 is 4.79 Å². The standard InChI is InChI=1S/C19H19ClN4O/c1-19(2)11-12-5-3-4-6-15(12)16(22-19)17(18(21)25)24-23-14-9-7-13(20)8-10-14/h3-10,23H,11H2,1-2H3,(H2,21,25). The van der Waals surface area contributed by atoms with E-state index in [9.17, 15) is 4.79 Å². The molecular weight excluding hydrogens is 336 g/mol. The summed E-state index contributed by atoms with van der Waals surface area (Å²) in [4.78, 5) is 16.8. The van der Waals surface area contributed by atoms with Crippen molar-refractivity contribution in [3.05, 3.63) is 64.7 Å². The Balaban J connectivity index is 2.02. The first-order valence-electron chi connectivity index (χ1n) is 7.93. The molecule has 0 spiro atoms. The number of hydrogen-bond acceptors (Lipinski definition) is 4. The van der Waals surface area contributed by atoms with E-state index in [4.69, 9.17) is 22.3 Å². The Morgan fingerprint density at radius 3 is 2.56 bits per heavy atom. The van der Waals surface area contributed by atoms with Gasteiger partial charge in [0, 0.05) is 10.6 Å². The third-order valence-electron chi connectivity index (χ3n) is 3.91. The first kappa shape index (κ1) is 17.2. The average molecular weight is 355 g/mol. The van der Waals surface area contributed by atoms with E-state index in [0.29, 0.717) is 16.4 Å². The molecule has 0 aliphatic carbocycles. The Morgan fingerprint density at radius 1 is 1.20 bits per heavy atom. The zero-order chi connectivity index (χ0) is 18.0. The van der Waals surface area contributed by atoms with Crippen LogP contribution in [0.4, 0.5) is 5.69 Å². The lowest BCUT2D eigenvalue weighted by molar-refractivity contribution is -0.111. The number of amides is 1. The molecule has 0 fully saturated rings. The van der Waals surface area contributed by atoms with Gasteiger partial charge in [0.05, 0.1) is 16.9 Å². The van der Waals surface area contributed by atoms with Crippen molar-refractivity contribution in [1.29, 1.82) is 0 Å². The van der Waals surface area contributed by atoms with Crippen LogP contribution >= 0.6 is 11.6 Å². The number of anilines is 1. The summed E-state index contributed by atoms with van der Waals surface area (Å²) >= 11 is 5.88. The molecule has 0 aromatic heterocycles. The van der Waals surface area contributed by atoms with E-state index < -0.39 is 5.91 Å². The first-order chi connectivity index (χ1) is 11.9. The molecule has 25 heavy (non-hydrogen) atoms. The summed E-state index contributed by atoms with van der Waals surface area (Å²) in [5.41, 5.74) is 11.4. The summed E-state index contributed by atoms with van der Waals surface area (Å²) in [5.74, 6) is -0.632. The summed E-state index contributed by atoms with van der Waals surface area (Å²) in [5, 5.41) is 4.85. The highest BCUT2D eigenvalue weighted by atomic mass is 35.5. The second-order valence-corrected chi connectivity index (χ2v) is 6.99. The predicted molar refractivity (Wildman–Crippen MR) is 102 cm³/mol. The highest BCUT2D eigenvalue weighted by molar-refractivity contribution is 6.70. The van der Waals surface area contributed by atoms with Crippen LogP contribution in [0.3, 0.4) is 0 Å². The van der Waals surface area contributed by atoms with Crippen LogP contribution in [0, 0.1) is 0 Å². The lowest BCUT2D eigenvalue weighted by Crippen LogP contribution is -2.38. The summed E-state index contributed by atoms with van der Waals surface area (Å²) < 4.78 is 0. The van der Waals surface area contributed by atoms with Crippen LogP contribution in [0.25, 0.3) is 0 Å². The highest BCUT2D eigenvalue weighted by Gasteiger charge is 2.30. The molecule has 0 bridgehead atoms. The van der Waals surface area contributed by atoms with E-state index in [1.165, 1.54) is 0 Å². The Labute approximate surface area is 151 Å². The topological polar surface area (TPSA) is 79.8 Å². The van der Waals surface area contributed by atoms with Crippen molar-refractivity contribution >= 4 is 34.6 Å². The number of primary amides is 1. The second kappa shape index (κ2) is 6.69. The van der Waals surface area contributed by atoms with E-state index >= 15 is 0 Å². The molecule has 6 heteroatoms. The predicted octanol–water partition coefficient (Wildman–Crippen LogP) is 3.42. The van der Waals surface area contributed by atoms with Crippen LogP contribution in [0.15, 0.2) is 58.6 Å². The summed E-state index contributed by atoms with van der Waals surface area (Å²) in [6.07, 6.45) is 0.795. The molecule has 0 radical (unpaired) electrons. The minimum absolute atomic E-state index is 0.107. The molecule has 128 valence electrons. The lowest BCUT2D eigenvalue weighted by atomic mass is 9.85. The number of halogens is 1. The third-order valence-corrected chi connectivity index (χ3v) is 4.16. The fraction of sp³-hybridized carbons (Fsp3) is 0.211. The quantitative estimate of drug-likeness (QED) is 0.651. The molecule has 0 saturated carbocycles. The Kier molecular flexibility index (Phi) is 4.59. The van der Waals surface area contributed by atoms with Gasteiger partial charge in [0.25, 0.3) is 5.91 Å². The van der Waals surface area contributed by atoms with Gasteiger partial charge in [0.15, 0.2) is 5.71 Å². The molecule has 1 amide bonds. The summed E-state index contributed by atoms with van der Waals surface area (Å²) in [7, 11) is 0. The van der Waals surface area contributed by atoms with E-state index in [1.54, 1.807) is 24.3 Å². The van der Waals surface area contributed by atoms with Crippen LogP contribution < -0.4 is 11.2 Å². The number of hydrazone groups is 1. The molecule has 5 nitrogen and oxygen atoms in total. The molecule has 1 heterocycles. The van der Waals surface area contributed by atoms with Gasteiger partial charge in [-0.1, -0.05) is 35.9 Å². The normalized spacial score (nSPS) is 16.0. The molecule has 1 aliphatic heterocycles. The second-order valence-electron chi connectivity index (χ2n) is 6.55. The number of nitrogens with zero attached hydrogens (tertiary/aromatic N) is 2. The van der Waals surface area contributed by atoms with Crippen LogP contribution in [0.2, 0.25) is 5.02 Å². The average Bonchev–Trinajstić information content (AvgIpc) is 2.55. The van der Waals surface area contributed by atoms with Gasteiger partial charge in [0.1, 0.15) is 0 Å². The van der Waals surface area contributed by atoms with Crippen molar-refractivity contribution in [2.24, 2.45) is 15.8 Å². The largest absolute Gasteiger partial charge is 0.364 e. The SMILES string of the molecule is CC1(C)Cc2ccccc2C(C(=NNc2ccc(Cl)cc2)C(N)=O)=N1. The van der Waals surface area contributed by atoms with E-state index in [0.717, 1.165) is 17.5 Å². The van der Waals surface area contributed by atoms with Crippen molar-refractivity contribution in [3.8, 4) is 0 Å². The third kappa shape index (κ3) is 3.88. The van der Waals surface area contributed by atoms with Crippen molar-refractivity contribution in [2.45, 2.75) is 25.8 Å². The smallest absolute Gasteiger partial charge is 0.271 e. The Morgan fingerprint density at radius 2 is 1.88 bits per heavy atom. The van der Waals surface area contributed by atoms with E-state index in [-0.39, 0.29) is 11.3 Å². The van der Waals surface area contributed by atoms with Crippen molar-refractivity contribution in [3.63, 3.8) is 0 Å². The fourth-order valence-corrected chi connectivity index (χ4v) is 2.95. The van der Waals surface area contributed by atoms with Crippen molar-refractivity contribution in [1.82, 2.24) is 0 Å². The van der Waals surface area contributed by atoms with Gasteiger partial charge < -0.3 is 5.73 Å². The number of benzene rings is 2. The molecule has 0 atom stereocenters. The fourth-order valence-electron chi connectivity index (χ4n) is 2.82. The van der Waals surface area contributed by atoms with Gasteiger partial charge in [0.2, 0.25) is 0 Å². The molecule has 0 unspecified atom stereocenters. The van der Waals surface area contributed by atoms with E-state index in [1.807, 2.05) is 38.1 Å². The molecule has 3 rings (SSSR count). The molecule has 3 N–H and O–H groups in total. The van der Waals surface area contributed by atoms with E-state index in [2.05, 4.69) is 10.5 Å². The molecule has 1 aliphatic rings. The van der Waals surface area contributed by atoms with Crippen LogP contribution in [0.1, 0.15) is 25.0 Å². The number of carbonyl (C=O) groups excluding carboxylic acids is 1. The minimum Gasteiger partial charge on any atom is -0.364 e. The number of nitrogens with two attached hydrogens (primary N) is 1. The number of rotatable bonds is 4. The van der Waals surface area contributed by atoms with Gasteiger partial charge in [-0.2, -0.15) is 5.10 Å². The molecule has 2 aromatic carbocycles. The summed E-state index contributed by atoms with van der Waals surface area (Å²) in [6.45, 7) is 4.04. The van der Waals surface area contributed by atoms with Crippen LogP contribution in [0.5, 0.6) is 0 Å². The van der Waals surface area contributed by atoms with Gasteiger partial charge in [-0.3, -0.25) is 15.2 Å². The molecule has 0 saturated heterocycles. The van der Waals surface area contributed by atoms with Crippen LogP contribution in [-0.2, 0) is 11.2 Å². The number of carbonyl (C=O) groups is 1. The number of nitrogens with one attached hydrogen (secondary N) is 1. The van der Waals surface area contributed by atoms with Gasteiger partial charge in [-0.05, 0) is 50.1 Å². The van der Waals surface area contributed by atoms with Gasteiger partial charge in [-0.25, -0.2) is 0 Å². The monoisotopic (exact) mass is 354 g/mol. The summed E-state index contributed by atoms with van der Waals surface area (Å²) in [6, 6.07) is 14.9. The van der Waals surface area contributed by atoms with Crippen LogP contribution in [-0.4, -0.2) is 22.9 Å². The van der Waals surface area contributed by atoms with Crippen molar-refractivity contribution in [2.75, 3.05) is 5.43 Å². The minimum atomic E-state index is -0.632. The molecular formula is C19H19ClN4O. The number of fused-ring (bicyclic) bond motifs is 1. The maximum Gasteiger partial charge on any atom is 0.271 e. The number of hydrogen-bond donors (Lipinski definition) is 2.